The molecule has 140 valence electrons. The molecular formula is C18H21N7O2. The molecule has 0 unspecified atom stereocenters. The molecule has 0 saturated carbocycles. The van der Waals surface area contributed by atoms with Crippen LogP contribution in [0.15, 0.2) is 24.7 Å². The summed E-state index contributed by atoms with van der Waals surface area (Å²) in [5.41, 5.74) is 9.29. The average Bonchev–Trinajstić information content (AvgIpc) is 2.96. The van der Waals surface area contributed by atoms with Crippen LogP contribution in [-0.4, -0.2) is 50.6 Å². The van der Waals surface area contributed by atoms with Crippen LogP contribution in [0.25, 0.3) is 5.65 Å². The van der Waals surface area contributed by atoms with Gasteiger partial charge in [0.2, 0.25) is 0 Å². The zero-order chi connectivity index (χ0) is 19.0. The van der Waals surface area contributed by atoms with Gasteiger partial charge in [-0.1, -0.05) is 0 Å². The van der Waals surface area contributed by atoms with E-state index in [1.165, 1.54) is 6.20 Å². The minimum atomic E-state index is -0.392. The zero-order valence-corrected chi connectivity index (χ0v) is 15.3. The number of carbonyl (C=O) groups excluding carboxylic acids is 1. The number of pyridine rings is 1. The molecule has 0 aromatic carbocycles. The molecule has 27 heavy (non-hydrogen) atoms. The molecule has 0 spiro atoms. The summed E-state index contributed by atoms with van der Waals surface area (Å²) in [6, 6.07) is 1.70. The molecule has 0 atom stereocenters. The van der Waals surface area contributed by atoms with Crippen LogP contribution in [0.1, 0.15) is 28.5 Å². The molecule has 1 aliphatic rings. The van der Waals surface area contributed by atoms with Crippen molar-refractivity contribution in [1.82, 2.24) is 24.5 Å². The van der Waals surface area contributed by atoms with Gasteiger partial charge in [-0.2, -0.15) is 0 Å². The summed E-state index contributed by atoms with van der Waals surface area (Å²) >= 11 is 0. The normalized spacial score (nSPS) is 14.1. The van der Waals surface area contributed by atoms with E-state index in [-0.39, 0.29) is 11.4 Å². The summed E-state index contributed by atoms with van der Waals surface area (Å²) in [6.07, 6.45) is 5.87. The number of nitrogens with two attached hydrogens (primary N) is 1. The molecule has 4 rings (SSSR count). The van der Waals surface area contributed by atoms with Gasteiger partial charge in [0.25, 0.3) is 5.91 Å². The lowest BCUT2D eigenvalue weighted by molar-refractivity contribution is 0.102. The molecule has 3 N–H and O–H groups in total. The van der Waals surface area contributed by atoms with E-state index in [2.05, 4.69) is 32.3 Å². The summed E-state index contributed by atoms with van der Waals surface area (Å²) in [4.78, 5) is 23.8. The highest BCUT2D eigenvalue weighted by Gasteiger charge is 2.23. The molecular weight excluding hydrogens is 346 g/mol. The molecule has 0 bridgehead atoms. The second-order valence-corrected chi connectivity index (χ2v) is 6.49. The van der Waals surface area contributed by atoms with E-state index in [1.807, 2.05) is 13.1 Å². The standard InChI is InChI=1S/C18H21N7O2/c1-3-27-14-4-6-20-8-13(14)22-18(26)15-16(19)23-25-10-11-9-24(2)7-5-12(11)21-17(15)25/h4,6,8,10H,3,5,7,9H2,1-2H3,(H2,19,23)(H,22,26). The monoisotopic (exact) mass is 367 g/mol. The van der Waals surface area contributed by atoms with Gasteiger partial charge < -0.3 is 20.7 Å². The Kier molecular flexibility index (Phi) is 4.36. The Morgan fingerprint density at radius 2 is 2.30 bits per heavy atom. The van der Waals surface area contributed by atoms with E-state index < -0.39 is 5.91 Å². The average molecular weight is 367 g/mol. The van der Waals surface area contributed by atoms with Gasteiger partial charge in [0.1, 0.15) is 17.0 Å². The van der Waals surface area contributed by atoms with E-state index in [9.17, 15) is 4.79 Å². The van der Waals surface area contributed by atoms with Crippen molar-refractivity contribution in [3.63, 3.8) is 0 Å². The third kappa shape index (κ3) is 3.17. The van der Waals surface area contributed by atoms with Crippen molar-refractivity contribution < 1.29 is 9.53 Å². The number of likely N-dealkylation sites (N-methyl/N-ethyl adjacent to an activating group) is 1. The lowest BCUT2D eigenvalue weighted by Gasteiger charge is -2.23. The van der Waals surface area contributed by atoms with Crippen LogP contribution in [0.3, 0.4) is 0 Å². The smallest absolute Gasteiger partial charge is 0.263 e. The van der Waals surface area contributed by atoms with Gasteiger partial charge in [-0.3, -0.25) is 9.78 Å². The first-order valence-electron chi connectivity index (χ1n) is 8.80. The van der Waals surface area contributed by atoms with Gasteiger partial charge in [-0.05, 0) is 14.0 Å². The number of nitrogen functional groups attached to an aromatic ring is 1. The number of aromatic nitrogens is 4. The topological polar surface area (TPSA) is 111 Å². The number of hydrogen-bond acceptors (Lipinski definition) is 7. The number of carbonyl (C=O) groups is 1. The second kappa shape index (κ2) is 6.84. The lowest BCUT2D eigenvalue weighted by Crippen LogP contribution is -2.28. The third-order valence-corrected chi connectivity index (χ3v) is 4.53. The fraction of sp³-hybridized carbons (Fsp3) is 0.333. The van der Waals surface area contributed by atoms with Crippen LogP contribution in [0, 0.1) is 0 Å². The Bertz CT molecular complexity index is 1010. The first-order valence-corrected chi connectivity index (χ1v) is 8.80. The van der Waals surface area contributed by atoms with E-state index in [0.717, 1.165) is 30.8 Å². The number of nitrogens with zero attached hydrogens (tertiary/aromatic N) is 5. The minimum absolute atomic E-state index is 0.137. The number of amides is 1. The Morgan fingerprint density at radius 3 is 3.11 bits per heavy atom. The maximum atomic E-state index is 12.9. The molecule has 0 fully saturated rings. The zero-order valence-electron chi connectivity index (χ0n) is 15.3. The fourth-order valence-electron chi connectivity index (χ4n) is 3.24. The molecule has 1 aliphatic heterocycles. The fourth-order valence-corrected chi connectivity index (χ4v) is 3.24. The van der Waals surface area contributed by atoms with Crippen molar-refractivity contribution >= 4 is 23.1 Å². The molecule has 3 aromatic rings. The maximum absolute atomic E-state index is 12.9. The molecule has 3 aromatic heterocycles. The third-order valence-electron chi connectivity index (χ3n) is 4.53. The Morgan fingerprint density at radius 1 is 1.44 bits per heavy atom. The van der Waals surface area contributed by atoms with E-state index in [4.69, 9.17) is 10.5 Å². The van der Waals surface area contributed by atoms with Gasteiger partial charge in [-0.25, -0.2) is 9.50 Å². The summed E-state index contributed by atoms with van der Waals surface area (Å²) in [6.45, 7) is 4.08. The van der Waals surface area contributed by atoms with Crippen LogP contribution >= 0.6 is 0 Å². The highest BCUT2D eigenvalue weighted by Crippen LogP contribution is 2.26. The molecule has 9 nitrogen and oxygen atoms in total. The van der Waals surface area contributed by atoms with Crippen LogP contribution < -0.4 is 15.8 Å². The Balaban J connectivity index is 1.71. The largest absolute Gasteiger partial charge is 0.492 e. The lowest BCUT2D eigenvalue weighted by atomic mass is 10.1. The van der Waals surface area contributed by atoms with Crippen LogP contribution in [0.5, 0.6) is 5.75 Å². The second-order valence-electron chi connectivity index (χ2n) is 6.49. The quantitative estimate of drug-likeness (QED) is 0.716. The van der Waals surface area contributed by atoms with Crippen LogP contribution in [-0.2, 0) is 13.0 Å². The van der Waals surface area contributed by atoms with Gasteiger partial charge in [-0.15, -0.1) is 5.10 Å². The van der Waals surface area contributed by atoms with Crippen molar-refractivity contribution in [2.45, 2.75) is 19.9 Å². The summed E-state index contributed by atoms with van der Waals surface area (Å²) in [7, 11) is 2.06. The van der Waals surface area contributed by atoms with Gasteiger partial charge in [0.05, 0.1) is 18.5 Å². The summed E-state index contributed by atoms with van der Waals surface area (Å²) in [5, 5.41) is 7.08. The molecule has 0 saturated heterocycles. The summed E-state index contributed by atoms with van der Waals surface area (Å²) < 4.78 is 7.11. The predicted molar refractivity (Wildman–Crippen MR) is 101 cm³/mol. The maximum Gasteiger partial charge on any atom is 0.263 e. The Hall–Kier alpha value is -3.20. The predicted octanol–water partition coefficient (Wildman–Crippen LogP) is 1.35. The Labute approximate surface area is 156 Å². The highest BCUT2D eigenvalue weighted by atomic mass is 16.5. The molecule has 9 heteroatoms. The van der Waals surface area contributed by atoms with Crippen LogP contribution in [0.2, 0.25) is 0 Å². The van der Waals surface area contributed by atoms with Crippen LogP contribution in [0.4, 0.5) is 11.5 Å². The molecule has 0 aliphatic carbocycles. The van der Waals surface area contributed by atoms with Crippen molar-refractivity contribution in [1.29, 1.82) is 0 Å². The number of fused-ring (bicyclic) bond motifs is 2. The molecule has 1 amide bonds. The number of nitrogens with one attached hydrogen (secondary N) is 1. The highest BCUT2D eigenvalue weighted by molar-refractivity contribution is 6.12. The number of anilines is 2. The molecule has 0 radical (unpaired) electrons. The van der Waals surface area contributed by atoms with Gasteiger partial charge in [0.15, 0.2) is 11.5 Å². The van der Waals surface area contributed by atoms with E-state index in [1.54, 1.807) is 16.8 Å². The minimum Gasteiger partial charge on any atom is -0.492 e. The van der Waals surface area contributed by atoms with Crippen molar-refractivity contribution in [2.75, 3.05) is 31.2 Å². The van der Waals surface area contributed by atoms with Gasteiger partial charge >= 0.3 is 0 Å². The van der Waals surface area contributed by atoms with E-state index in [0.29, 0.717) is 23.7 Å². The summed E-state index contributed by atoms with van der Waals surface area (Å²) in [5.74, 6) is 0.290. The van der Waals surface area contributed by atoms with E-state index >= 15 is 0 Å². The SMILES string of the molecule is CCOc1ccncc1NC(=O)c1c(N)nn2cc3c(nc12)CCN(C)C3. The van der Waals surface area contributed by atoms with Crippen molar-refractivity contribution in [3.05, 3.63) is 41.5 Å². The number of rotatable bonds is 4. The number of hydrogen-bond donors (Lipinski definition) is 2. The van der Waals surface area contributed by atoms with Gasteiger partial charge in [0, 0.05) is 43.5 Å². The molecule has 4 heterocycles. The first-order chi connectivity index (χ1) is 13.1. The number of ether oxygens (including phenoxy) is 1. The first kappa shape index (κ1) is 17.2. The van der Waals surface area contributed by atoms with Crippen molar-refractivity contribution in [3.8, 4) is 5.75 Å². The van der Waals surface area contributed by atoms with Crippen molar-refractivity contribution in [2.24, 2.45) is 0 Å².